The number of aryl methyl sites for hydroxylation is 2. The molecule has 0 atom stereocenters. The second kappa shape index (κ2) is 10.0. The van der Waals surface area contributed by atoms with Crippen molar-refractivity contribution in [1.29, 1.82) is 0 Å². The number of alkyl halides is 3. The van der Waals surface area contributed by atoms with Gasteiger partial charge in [-0.15, -0.1) is 0 Å². The molecule has 9 heteroatoms. The average Bonchev–Trinajstić information content (AvgIpc) is 2.71. The van der Waals surface area contributed by atoms with Crippen LogP contribution >= 0.6 is 0 Å². The van der Waals surface area contributed by atoms with E-state index < -0.39 is 30.5 Å². The van der Waals surface area contributed by atoms with E-state index in [9.17, 15) is 33.6 Å². The Balaban J connectivity index is 2.01. The first kappa shape index (κ1) is 23.8. The summed E-state index contributed by atoms with van der Waals surface area (Å²) in [5.74, 6) is -0.787. The first-order valence-corrected chi connectivity index (χ1v) is 9.42. The molecular formula is C21H26F3NO5. The summed E-state index contributed by atoms with van der Waals surface area (Å²) in [6.45, 7) is -0.920. The number of ether oxygens (including phenoxy) is 1. The molecule has 0 aliphatic heterocycles. The van der Waals surface area contributed by atoms with Crippen molar-refractivity contribution < 1.29 is 38.3 Å². The quantitative estimate of drug-likeness (QED) is 0.293. The van der Waals surface area contributed by atoms with E-state index in [1.807, 2.05) is 0 Å². The van der Waals surface area contributed by atoms with Gasteiger partial charge in [-0.05, 0) is 61.1 Å². The van der Waals surface area contributed by atoms with Gasteiger partial charge in [0.1, 0.15) is 5.75 Å². The SMILES string of the molecule is NC(CO)(CO)CCc1ccc(OCCCc2ccc(O)c(O)c2)c(C(F)(F)F)c1. The van der Waals surface area contributed by atoms with Crippen LogP contribution in [0.25, 0.3) is 0 Å². The summed E-state index contributed by atoms with van der Waals surface area (Å²) in [5.41, 5.74) is 4.70. The Labute approximate surface area is 172 Å². The molecule has 0 radical (unpaired) electrons. The lowest BCUT2D eigenvalue weighted by atomic mass is 9.93. The molecule has 0 aromatic heterocycles. The maximum absolute atomic E-state index is 13.5. The van der Waals surface area contributed by atoms with Gasteiger partial charge in [0.25, 0.3) is 0 Å². The van der Waals surface area contributed by atoms with Crippen LogP contribution < -0.4 is 10.5 Å². The monoisotopic (exact) mass is 429 g/mol. The number of aromatic hydroxyl groups is 2. The van der Waals surface area contributed by atoms with Gasteiger partial charge in [-0.25, -0.2) is 0 Å². The van der Waals surface area contributed by atoms with Crippen molar-refractivity contribution in [3.05, 3.63) is 53.1 Å². The average molecular weight is 429 g/mol. The first-order valence-electron chi connectivity index (χ1n) is 9.42. The molecule has 0 heterocycles. The Morgan fingerprint density at radius 3 is 2.10 bits per heavy atom. The number of phenolic OH excluding ortho intramolecular Hbond substituents is 2. The molecule has 2 aromatic rings. The molecular weight excluding hydrogens is 403 g/mol. The lowest BCUT2D eigenvalue weighted by Crippen LogP contribution is -2.47. The zero-order valence-electron chi connectivity index (χ0n) is 16.3. The van der Waals surface area contributed by atoms with Crippen molar-refractivity contribution >= 4 is 0 Å². The van der Waals surface area contributed by atoms with Crippen molar-refractivity contribution in [1.82, 2.24) is 0 Å². The Morgan fingerprint density at radius 1 is 0.867 bits per heavy atom. The van der Waals surface area contributed by atoms with Gasteiger partial charge in [-0.1, -0.05) is 12.1 Å². The topological polar surface area (TPSA) is 116 Å². The van der Waals surface area contributed by atoms with Gasteiger partial charge in [0.05, 0.1) is 30.9 Å². The molecule has 0 spiro atoms. The van der Waals surface area contributed by atoms with Gasteiger partial charge >= 0.3 is 6.18 Å². The summed E-state index contributed by atoms with van der Waals surface area (Å²) < 4.78 is 45.7. The van der Waals surface area contributed by atoms with Gasteiger partial charge in [0.15, 0.2) is 11.5 Å². The van der Waals surface area contributed by atoms with Crippen molar-refractivity contribution in [2.45, 2.75) is 37.4 Å². The molecule has 0 amide bonds. The van der Waals surface area contributed by atoms with E-state index in [1.165, 1.54) is 24.3 Å². The number of nitrogens with two attached hydrogens (primary N) is 1. The van der Waals surface area contributed by atoms with Crippen LogP contribution in [0.15, 0.2) is 36.4 Å². The molecule has 166 valence electrons. The zero-order chi connectivity index (χ0) is 22.4. The van der Waals surface area contributed by atoms with Gasteiger partial charge in [0, 0.05) is 0 Å². The normalized spacial score (nSPS) is 12.2. The maximum Gasteiger partial charge on any atom is 0.419 e. The number of rotatable bonds is 10. The predicted octanol–water partition coefficient (Wildman–Crippen LogP) is 2.74. The smallest absolute Gasteiger partial charge is 0.419 e. The van der Waals surface area contributed by atoms with Crippen LogP contribution in [-0.4, -0.2) is 45.8 Å². The van der Waals surface area contributed by atoms with E-state index in [2.05, 4.69) is 0 Å². The number of phenols is 2. The molecule has 6 nitrogen and oxygen atoms in total. The van der Waals surface area contributed by atoms with E-state index in [0.717, 1.165) is 11.6 Å². The van der Waals surface area contributed by atoms with E-state index in [0.29, 0.717) is 18.4 Å². The fourth-order valence-corrected chi connectivity index (χ4v) is 2.86. The van der Waals surface area contributed by atoms with Crippen LogP contribution in [0, 0.1) is 0 Å². The molecule has 2 rings (SSSR count). The number of hydrogen-bond acceptors (Lipinski definition) is 6. The van der Waals surface area contributed by atoms with Crippen LogP contribution in [0.1, 0.15) is 29.5 Å². The zero-order valence-corrected chi connectivity index (χ0v) is 16.3. The molecule has 0 saturated heterocycles. The van der Waals surface area contributed by atoms with Crippen LogP contribution in [0.4, 0.5) is 13.2 Å². The summed E-state index contributed by atoms with van der Waals surface area (Å²) in [6, 6.07) is 8.08. The molecule has 30 heavy (non-hydrogen) atoms. The number of halogens is 3. The van der Waals surface area contributed by atoms with Crippen LogP contribution in [0.3, 0.4) is 0 Å². The third-order valence-electron chi connectivity index (χ3n) is 4.80. The van der Waals surface area contributed by atoms with Gasteiger partial charge in [-0.2, -0.15) is 13.2 Å². The van der Waals surface area contributed by atoms with E-state index in [-0.39, 0.29) is 36.7 Å². The molecule has 2 aromatic carbocycles. The highest BCUT2D eigenvalue weighted by Gasteiger charge is 2.35. The Kier molecular flexibility index (Phi) is 7.94. The minimum atomic E-state index is -4.61. The van der Waals surface area contributed by atoms with Crippen molar-refractivity contribution in [2.24, 2.45) is 5.73 Å². The lowest BCUT2D eigenvalue weighted by Gasteiger charge is -2.24. The Morgan fingerprint density at radius 2 is 1.50 bits per heavy atom. The van der Waals surface area contributed by atoms with Crippen molar-refractivity contribution in [2.75, 3.05) is 19.8 Å². The third-order valence-corrected chi connectivity index (χ3v) is 4.80. The summed E-state index contributed by atoms with van der Waals surface area (Å²) in [6.07, 6.45) is -3.47. The largest absolute Gasteiger partial charge is 0.504 e. The van der Waals surface area contributed by atoms with Crippen LogP contribution in [-0.2, 0) is 19.0 Å². The highest BCUT2D eigenvalue weighted by atomic mass is 19.4. The summed E-state index contributed by atoms with van der Waals surface area (Å²) in [7, 11) is 0. The fraction of sp³-hybridized carbons (Fsp3) is 0.429. The molecule has 0 bridgehead atoms. The summed E-state index contributed by atoms with van der Waals surface area (Å²) in [4.78, 5) is 0. The van der Waals surface area contributed by atoms with Crippen LogP contribution in [0.5, 0.6) is 17.2 Å². The standard InChI is InChI=1S/C21H26F3NO5/c22-21(23,24)16-10-15(7-8-20(25,12-26)13-27)4-6-19(16)30-9-1-2-14-3-5-17(28)18(29)11-14/h3-6,10-11,26-29H,1-2,7-9,12-13,25H2. The van der Waals surface area contributed by atoms with E-state index in [1.54, 1.807) is 6.07 Å². The Bertz CT molecular complexity index is 838. The second-order valence-electron chi connectivity index (χ2n) is 7.28. The molecule has 0 fully saturated rings. The highest BCUT2D eigenvalue weighted by molar-refractivity contribution is 5.41. The summed E-state index contributed by atoms with van der Waals surface area (Å²) >= 11 is 0. The third kappa shape index (κ3) is 6.51. The first-order chi connectivity index (χ1) is 14.1. The number of aliphatic hydroxyl groups is 2. The molecule has 6 N–H and O–H groups in total. The van der Waals surface area contributed by atoms with Gasteiger partial charge < -0.3 is 30.9 Å². The predicted molar refractivity (Wildman–Crippen MR) is 104 cm³/mol. The second-order valence-corrected chi connectivity index (χ2v) is 7.28. The lowest BCUT2D eigenvalue weighted by molar-refractivity contribution is -0.139. The fourth-order valence-electron chi connectivity index (χ4n) is 2.86. The number of benzene rings is 2. The van der Waals surface area contributed by atoms with Crippen LogP contribution in [0.2, 0.25) is 0 Å². The molecule has 0 unspecified atom stereocenters. The molecule has 0 aliphatic carbocycles. The minimum absolute atomic E-state index is 0.0327. The summed E-state index contributed by atoms with van der Waals surface area (Å²) in [5, 5.41) is 37.2. The van der Waals surface area contributed by atoms with Crippen molar-refractivity contribution in [3.8, 4) is 17.2 Å². The van der Waals surface area contributed by atoms with Gasteiger partial charge in [0.2, 0.25) is 0 Å². The molecule has 0 aliphatic rings. The van der Waals surface area contributed by atoms with Gasteiger partial charge in [-0.3, -0.25) is 0 Å². The highest BCUT2D eigenvalue weighted by Crippen LogP contribution is 2.37. The Hall–Kier alpha value is -2.49. The molecule has 0 saturated carbocycles. The van der Waals surface area contributed by atoms with Crippen molar-refractivity contribution in [3.63, 3.8) is 0 Å². The minimum Gasteiger partial charge on any atom is -0.504 e. The van der Waals surface area contributed by atoms with E-state index >= 15 is 0 Å². The maximum atomic E-state index is 13.5. The number of hydrogen-bond donors (Lipinski definition) is 5. The van der Waals surface area contributed by atoms with E-state index in [4.69, 9.17) is 10.5 Å². The number of aliphatic hydroxyl groups excluding tert-OH is 2.